The van der Waals surface area contributed by atoms with Crippen LogP contribution in [-0.2, 0) is 11.3 Å². The molecule has 1 amide bonds. The second-order valence-electron chi connectivity index (χ2n) is 5.54. The topological polar surface area (TPSA) is 51.5 Å². The van der Waals surface area contributed by atoms with E-state index >= 15 is 0 Å². The van der Waals surface area contributed by atoms with Crippen LogP contribution in [0.15, 0.2) is 53.3 Å². The molecule has 0 aliphatic carbocycles. The fraction of sp³-hybridized carbons (Fsp3) is 0.263. The maximum Gasteiger partial charge on any atom is 0.271 e. The summed E-state index contributed by atoms with van der Waals surface area (Å²) in [5, 5.41) is 0. The SMILES string of the molecule is C#CCn1c(C(=O)N2CCOCC2c2ccccc2)cccc1=O. The summed E-state index contributed by atoms with van der Waals surface area (Å²) >= 11 is 0. The van der Waals surface area contributed by atoms with E-state index in [2.05, 4.69) is 5.92 Å². The molecular weight excluding hydrogens is 304 g/mol. The zero-order valence-electron chi connectivity index (χ0n) is 13.2. The molecule has 24 heavy (non-hydrogen) atoms. The lowest BCUT2D eigenvalue weighted by atomic mass is 10.0. The number of pyridine rings is 1. The number of carbonyl (C=O) groups is 1. The normalized spacial score (nSPS) is 17.3. The molecule has 1 saturated heterocycles. The number of morpholine rings is 1. The standard InChI is InChI=1S/C19H18N2O3/c1-2-11-20-16(9-6-10-18(20)22)19(23)21-12-13-24-14-17(21)15-7-4-3-5-8-15/h1,3-10,17H,11-14H2. The predicted molar refractivity (Wildman–Crippen MR) is 90.6 cm³/mol. The first-order chi connectivity index (χ1) is 11.7. The minimum absolute atomic E-state index is 0.0705. The van der Waals surface area contributed by atoms with Crippen LogP contribution >= 0.6 is 0 Å². The van der Waals surface area contributed by atoms with Crippen molar-refractivity contribution in [3.63, 3.8) is 0 Å². The second kappa shape index (κ2) is 7.16. The van der Waals surface area contributed by atoms with Crippen molar-refractivity contribution in [2.24, 2.45) is 0 Å². The molecule has 1 fully saturated rings. The van der Waals surface area contributed by atoms with Crippen LogP contribution in [0.25, 0.3) is 0 Å². The number of benzene rings is 1. The van der Waals surface area contributed by atoms with Gasteiger partial charge < -0.3 is 9.64 Å². The number of aromatic nitrogens is 1. The predicted octanol–water partition coefficient (Wildman–Crippen LogP) is 1.70. The third-order valence-electron chi connectivity index (χ3n) is 4.09. The van der Waals surface area contributed by atoms with Gasteiger partial charge >= 0.3 is 0 Å². The van der Waals surface area contributed by atoms with Crippen molar-refractivity contribution in [2.45, 2.75) is 12.6 Å². The lowest BCUT2D eigenvalue weighted by Crippen LogP contribution is -2.45. The fourth-order valence-corrected chi connectivity index (χ4v) is 2.91. The highest BCUT2D eigenvalue weighted by atomic mass is 16.5. The molecule has 2 heterocycles. The van der Waals surface area contributed by atoms with Gasteiger partial charge in [-0.05, 0) is 11.6 Å². The summed E-state index contributed by atoms with van der Waals surface area (Å²) in [5.74, 6) is 2.23. The van der Waals surface area contributed by atoms with E-state index in [1.54, 1.807) is 17.0 Å². The highest BCUT2D eigenvalue weighted by Gasteiger charge is 2.30. The van der Waals surface area contributed by atoms with Crippen LogP contribution in [0.2, 0.25) is 0 Å². The Morgan fingerprint density at radius 3 is 2.75 bits per heavy atom. The molecule has 1 atom stereocenters. The van der Waals surface area contributed by atoms with Crippen molar-refractivity contribution in [1.82, 2.24) is 9.47 Å². The van der Waals surface area contributed by atoms with E-state index in [0.29, 0.717) is 25.5 Å². The van der Waals surface area contributed by atoms with Crippen LogP contribution in [-0.4, -0.2) is 35.1 Å². The van der Waals surface area contributed by atoms with Gasteiger partial charge in [0, 0.05) is 12.6 Å². The molecule has 0 spiro atoms. The molecule has 2 aromatic rings. The molecule has 122 valence electrons. The van der Waals surface area contributed by atoms with Gasteiger partial charge in [0.15, 0.2) is 0 Å². The Kier molecular flexibility index (Phi) is 4.78. The average Bonchev–Trinajstić information content (AvgIpc) is 2.64. The highest BCUT2D eigenvalue weighted by molar-refractivity contribution is 5.93. The summed E-state index contributed by atoms with van der Waals surface area (Å²) in [6, 6.07) is 14.2. The largest absolute Gasteiger partial charge is 0.377 e. The van der Waals surface area contributed by atoms with Gasteiger partial charge in [-0.25, -0.2) is 0 Å². The lowest BCUT2D eigenvalue weighted by molar-refractivity contribution is -0.00329. The van der Waals surface area contributed by atoms with Crippen LogP contribution in [0.1, 0.15) is 22.1 Å². The maximum absolute atomic E-state index is 13.1. The van der Waals surface area contributed by atoms with E-state index in [9.17, 15) is 9.59 Å². The average molecular weight is 322 g/mol. The Labute approximate surface area is 140 Å². The zero-order chi connectivity index (χ0) is 16.9. The summed E-state index contributed by atoms with van der Waals surface area (Å²) in [4.78, 5) is 26.9. The van der Waals surface area contributed by atoms with Gasteiger partial charge in [0.1, 0.15) is 5.69 Å². The molecule has 5 heteroatoms. The maximum atomic E-state index is 13.1. The number of carbonyl (C=O) groups excluding carboxylic acids is 1. The van der Waals surface area contributed by atoms with E-state index in [0.717, 1.165) is 5.56 Å². The lowest BCUT2D eigenvalue weighted by Gasteiger charge is -2.36. The first-order valence-corrected chi connectivity index (χ1v) is 7.79. The van der Waals surface area contributed by atoms with Crippen LogP contribution in [0, 0.1) is 12.3 Å². The van der Waals surface area contributed by atoms with Crippen molar-refractivity contribution in [3.8, 4) is 12.3 Å². The number of rotatable bonds is 3. The molecule has 1 unspecified atom stereocenters. The van der Waals surface area contributed by atoms with Gasteiger partial charge in [0.05, 0.1) is 25.8 Å². The number of hydrogen-bond acceptors (Lipinski definition) is 3. The summed E-state index contributed by atoms with van der Waals surface area (Å²) in [6.45, 7) is 1.45. The Morgan fingerprint density at radius 1 is 1.21 bits per heavy atom. The van der Waals surface area contributed by atoms with Gasteiger partial charge in [-0.15, -0.1) is 6.42 Å². The third-order valence-corrected chi connectivity index (χ3v) is 4.09. The van der Waals surface area contributed by atoms with Crippen LogP contribution in [0.5, 0.6) is 0 Å². The molecular formula is C19H18N2O3. The number of hydrogen-bond donors (Lipinski definition) is 0. The molecule has 5 nitrogen and oxygen atoms in total. The van der Waals surface area contributed by atoms with E-state index < -0.39 is 0 Å². The first-order valence-electron chi connectivity index (χ1n) is 7.79. The van der Waals surface area contributed by atoms with Crippen molar-refractivity contribution in [1.29, 1.82) is 0 Å². The van der Waals surface area contributed by atoms with Crippen LogP contribution < -0.4 is 5.56 Å². The number of ether oxygens (including phenoxy) is 1. The summed E-state index contributed by atoms with van der Waals surface area (Å²) in [6.07, 6.45) is 5.34. The molecule has 0 saturated carbocycles. The Hall–Kier alpha value is -2.84. The third kappa shape index (κ3) is 3.10. The van der Waals surface area contributed by atoms with Crippen molar-refractivity contribution in [3.05, 3.63) is 70.1 Å². The minimum Gasteiger partial charge on any atom is -0.377 e. The number of nitrogens with zero attached hydrogens (tertiary/aromatic N) is 2. The van der Waals surface area contributed by atoms with Gasteiger partial charge in [0.2, 0.25) is 0 Å². The molecule has 0 bridgehead atoms. The molecule has 1 aliphatic heterocycles. The summed E-state index contributed by atoms with van der Waals surface area (Å²) in [5.41, 5.74) is 1.04. The summed E-state index contributed by atoms with van der Waals surface area (Å²) < 4.78 is 6.89. The number of terminal acetylenes is 1. The smallest absolute Gasteiger partial charge is 0.271 e. The van der Waals surface area contributed by atoms with E-state index in [1.807, 2.05) is 30.3 Å². The van der Waals surface area contributed by atoms with Gasteiger partial charge in [-0.3, -0.25) is 14.2 Å². The van der Waals surface area contributed by atoms with Gasteiger partial charge in [-0.1, -0.05) is 42.3 Å². The van der Waals surface area contributed by atoms with Crippen molar-refractivity contribution >= 4 is 5.91 Å². The zero-order valence-corrected chi connectivity index (χ0v) is 13.2. The first kappa shape index (κ1) is 16.0. The van der Waals surface area contributed by atoms with Crippen LogP contribution in [0.4, 0.5) is 0 Å². The van der Waals surface area contributed by atoms with E-state index in [4.69, 9.17) is 11.2 Å². The monoisotopic (exact) mass is 322 g/mol. The molecule has 1 aliphatic rings. The summed E-state index contributed by atoms with van der Waals surface area (Å²) in [7, 11) is 0. The molecule has 1 aromatic carbocycles. The van der Waals surface area contributed by atoms with E-state index in [-0.39, 0.29) is 24.1 Å². The van der Waals surface area contributed by atoms with Gasteiger partial charge in [-0.2, -0.15) is 0 Å². The number of amides is 1. The fourth-order valence-electron chi connectivity index (χ4n) is 2.91. The second-order valence-corrected chi connectivity index (χ2v) is 5.54. The quantitative estimate of drug-likeness (QED) is 0.808. The molecule has 1 aromatic heterocycles. The molecule has 0 radical (unpaired) electrons. The van der Waals surface area contributed by atoms with Crippen LogP contribution in [0.3, 0.4) is 0 Å². The Balaban J connectivity index is 1.98. The molecule has 0 N–H and O–H groups in total. The van der Waals surface area contributed by atoms with Crippen molar-refractivity contribution < 1.29 is 9.53 Å². The van der Waals surface area contributed by atoms with E-state index in [1.165, 1.54) is 10.6 Å². The highest BCUT2D eigenvalue weighted by Crippen LogP contribution is 2.25. The molecule has 3 rings (SSSR count). The van der Waals surface area contributed by atoms with Gasteiger partial charge in [0.25, 0.3) is 11.5 Å². The van der Waals surface area contributed by atoms with Crippen molar-refractivity contribution in [2.75, 3.05) is 19.8 Å². The Bertz CT molecular complexity index is 820. The minimum atomic E-state index is -0.275. The Morgan fingerprint density at radius 2 is 2.00 bits per heavy atom.